The van der Waals surface area contributed by atoms with Crippen molar-refractivity contribution in [2.75, 3.05) is 13.1 Å². The van der Waals surface area contributed by atoms with Gasteiger partial charge < -0.3 is 5.32 Å². The minimum Gasteiger partial charge on any atom is -0.354 e. The summed E-state index contributed by atoms with van der Waals surface area (Å²) in [7, 11) is 0. The number of carbonyl (C=O) groups is 1. The summed E-state index contributed by atoms with van der Waals surface area (Å²) in [6.45, 7) is 2.15. The molecular weight excluding hydrogens is 224 g/mol. The van der Waals surface area contributed by atoms with Crippen LogP contribution in [-0.4, -0.2) is 36.0 Å². The van der Waals surface area contributed by atoms with Gasteiger partial charge in [-0.2, -0.15) is 0 Å². The van der Waals surface area contributed by atoms with Crippen molar-refractivity contribution in [3.63, 3.8) is 0 Å². The lowest BCUT2D eigenvalue weighted by molar-refractivity contribution is -0.126. The van der Waals surface area contributed by atoms with E-state index in [0.29, 0.717) is 17.9 Å². The molecule has 3 fully saturated rings. The van der Waals surface area contributed by atoms with Crippen molar-refractivity contribution in [3.05, 3.63) is 0 Å². The predicted octanol–water partition coefficient (Wildman–Crippen LogP) is 2.31. The second-order valence-electron chi connectivity index (χ2n) is 6.35. The summed E-state index contributed by atoms with van der Waals surface area (Å²) in [5, 5.41) is 3.23. The molecule has 3 rings (SSSR count). The van der Waals surface area contributed by atoms with E-state index in [-0.39, 0.29) is 0 Å². The zero-order chi connectivity index (χ0) is 12.4. The summed E-state index contributed by atoms with van der Waals surface area (Å²) in [6, 6.07) is 1.48. The molecule has 1 unspecified atom stereocenters. The first kappa shape index (κ1) is 12.5. The van der Waals surface area contributed by atoms with Crippen LogP contribution in [0.15, 0.2) is 0 Å². The Bertz CT molecular complexity index is 295. The zero-order valence-corrected chi connectivity index (χ0v) is 11.4. The Balaban J connectivity index is 1.43. The van der Waals surface area contributed by atoms with Crippen molar-refractivity contribution in [1.29, 1.82) is 0 Å². The Morgan fingerprint density at radius 2 is 1.78 bits per heavy atom. The van der Waals surface area contributed by atoms with E-state index in [4.69, 9.17) is 0 Å². The summed E-state index contributed by atoms with van der Waals surface area (Å²) >= 11 is 0. The minimum atomic E-state index is 0.314. The molecule has 1 amide bonds. The van der Waals surface area contributed by atoms with E-state index in [1.807, 2.05) is 0 Å². The average Bonchev–Trinajstić information content (AvgIpc) is 3.16. The van der Waals surface area contributed by atoms with E-state index in [0.717, 1.165) is 25.4 Å². The van der Waals surface area contributed by atoms with Crippen LogP contribution in [-0.2, 0) is 4.79 Å². The summed E-state index contributed by atoms with van der Waals surface area (Å²) in [6.07, 6.45) is 11.4. The van der Waals surface area contributed by atoms with Gasteiger partial charge in [0.05, 0.1) is 0 Å². The van der Waals surface area contributed by atoms with Gasteiger partial charge in [0.2, 0.25) is 5.91 Å². The number of hydrogen-bond acceptors (Lipinski definition) is 2. The zero-order valence-electron chi connectivity index (χ0n) is 11.4. The van der Waals surface area contributed by atoms with E-state index in [2.05, 4.69) is 10.2 Å². The molecule has 0 aromatic rings. The van der Waals surface area contributed by atoms with Gasteiger partial charge in [-0.1, -0.05) is 19.3 Å². The van der Waals surface area contributed by atoms with Gasteiger partial charge in [0.1, 0.15) is 0 Å². The third kappa shape index (κ3) is 2.87. The van der Waals surface area contributed by atoms with Crippen molar-refractivity contribution < 1.29 is 4.79 Å². The molecule has 0 bridgehead atoms. The molecule has 1 heterocycles. The SMILES string of the molecule is O=C(NCC1CCCN1C1CC1)C1CCCCC1. The van der Waals surface area contributed by atoms with Gasteiger partial charge in [-0.3, -0.25) is 9.69 Å². The van der Waals surface area contributed by atoms with Gasteiger partial charge in [0.15, 0.2) is 0 Å². The van der Waals surface area contributed by atoms with E-state index >= 15 is 0 Å². The molecular formula is C15H26N2O. The molecule has 1 N–H and O–H groups in total. The Morgan fingerprint density at radius 1 is 1.00 bits per heavy atom. The van der Waals surface area contributed by atoms with E-state index in [9.17, 15) is 4.79 Å². The molecule has 0 aromatic carbocycles. The Hall–Kier alpha value is -0.570. The maximum atomic E-state index is 12.1. The van der Waals surface area contributed by atoms with Gasteiger partial charge in [-0.15, -0.1) is 0 Å². The molecule has 2 saturated carbocycles. The normalized spacial score (nSPS) is 30.6. The summed E-state index contributed by atoms with van der Waals surface area (Å²) in [5.41, 5.74) is 0. The number of hydrogen-bond donors (Lipinski definition) is 1. The third-order valence-corrected chi connectivity index (χ3v) is 4.93. The van der Waals surface area contributed by atoms with Crippen molar-refractivity contribution in [2.24, 2.45) is 5.92 Å². The Morgan fingerprint density at radius 3 is 2.50 bits per heavy atom. The highest BCUT2D eigenvalue weighted by molar-refractivity contribution is 5.78. The summed E-state index contributed by atoms with van der Waals surface area (Å²) in [4.78, 5) is 14.8. The molecule has 0 aromatic heterocycles. The summed E-state index contributed by atoms with van der Waals surface area (Å²) in [5.74, 6) is 0.645. The first-order chi connectivity index (χ1) is 8.84. The molecule has 2 aliphatic carbocycles. The highest BCUT2D eigenvalue weighted by Crippen LogP contribution is 2.33. The van der Waals surface area contributed by atoms with Crippen LogP contribution in [0.4, 0.5) is 0 Å². The first-order valence-corrected chi connectivity index (χ1v) is 7.88. The number of nitrogens with one attached hydrogen (secondary N) is 1. The standard InChI is InChI=1S/C15H26N2O/c18-15(12-5-2-1-3-6-12)16-11-14-7-4-10-17(14)13-8-9-13/h12-14H,1-11H2,(H,16,18). The fraction of sp³-hybridized carbons (Fsp3) is 0.933. The smallest absolute Gasteiger partial charge is 0.223 e. The van der Waals surface area contributed by atoms with Gasteiger partial charge in [0, 0.05) is 24.5 Å². The van der Waals surface area contributed by atoms with Crippen LogP contribution in [0.2, 0.25) is 0 Å². The molecule has 1 saturated heterocycles. The number of likely N-dealkylation sites (tertiary alicyclic amines) is 1. The lowest BCUT2D eigenvalue weighted by Gasteiger charge is -2.26. The highest BCUT2D eigenvalue weighted by Gasteiger charge is 2.36. The number of rotatable bonds is 4. The van der Waals surface area contributed by atoms with Crippen LogP contribution < -0.4 is 5.32 Å². The predicted molar refractivity (Wildman–Crippen MR) is 72.3 cm³/mol. The van der Waals surface area contributed by atoms with Crippen LogP contribution in [0.5, 0.6) is 0 Å². The van der Waals surface area contributed by atoms with Gasteiger partial charge >= 0.3 is 0 Å². The highest BCUT2D eigenvalue weighted by atomic mass is 16.1. The van der Waals surface area contributed by atoms with E-state index < -0.39 is 0 Å². The van der Waals surface area contributed by atoms with Crippen LogP contribution >= 0.6 is 0 Å². The van der Waals surface area contributed by atoms with Crippen LogP contribution in [0.3, 0.4) is 0 Å². The monoisotopic (exact) mass is 250 g/mol. The molecule has 3 aliphatic rings. The molecule has 0 spiro atoms. The second-order valence-corrected chi connectivity index (χ2v) is 6.35. The molecule has 3 heteroatoms. The fourth-order valence-electron chi connectivity index (χ4n) is 3.69. The lowest BCUT2D eigenvalue weighted by Crippen LogP contribution is -2.43. The molecule has 1 atom stereocenters. The second kappa shape index (κ2) is 5.60. The van der Waals surface area contributed by atoms with Crippen LogP contribution in [0.25, 0.3) is 0 Å². The Kier molecular flexibility index (Phi) is 3.88. The first-order valence-electron chi connectivity index (χ1n) is 7.88. The van der Waals surface area contributed by atoms with Gasteiger partial charge in [0.25, 0.3) is 0 Å². The molecule has 0 radical (unpaired) electrons. The number of amides is 1. The fourth-order valence-corrected chi connectivity index (χ4v) is 3.69. The summed E-state index contributed by atoms with van der Waals surface area (Å²) < 4.78 is 0. The number of nitrogens with zero attached hydrogens (tertiary/aromatic N) is 1. The maximum absolute atomic E-state index is 12.1. The van der Waals surface area contributed by atoms with Crippen molar-refractivity contribution in [3.8, 4) is 0 Å². The average molecular weight is 250 g/mol. The molecule has 18 heavy (non-hydrogen) atoms. The largest absolute Gasteiger partial charge is 0.354 e. The molecule has 1 aliphatic heterocycles. The lowest BCUT2D eigenvalue weighted by atomic mass is 9.88. The van der Waals surface area contributed by atoms with Crippen LogP contribution in [0.1, 0.15) is 57.8 Å². The molecule has 102 valence electrons. The number of carbonyl (C=O) groups excluding carboxylic acids is 1. The minimum absolute atomic E-state index is 0.314. The van der Waals surface area contributed by atoms with Crippen molar-refractivity contribution in [2.45, 2.75) is 69.9 Å². The van der Waals surface area contributed by atoms with E-state index in [1.165, 1.54) is 51.5 Å². The van der Waals surface area contributed by atoms with E-state index in [1.54, 1.807) is 0 Å². The third-order valence-electron chi connectivity index (χ3n) is 4.93. The van der Waals surface area contributed by atoms with Gasteiger partial charge in [-0.25, -0.2) is 0 Å². The van der Waals surface area contributed by atoms with Gasteiger partial charge in [-0.05, 0) is 45.1 Å². The van der Waals surface area contributed by atoms with Crippen LogP contribution in [0, 0.1) is 5.92 Å². The maximum Gasteiger partial charge on any atom is 0.223 e. The topological polar surface area (TPSA) is 32.3 Å². The van der Waals surface area contributed by atoms with Crippen molar-refractivity contribution in [1.82, 2.24) is 10.2 Å². The quantitative estimate of drug-likeness (QED) is 0.830. The Labute approximate surface area is 110 Å². The molecule has 3 nitrogen and oxygen atoms in total. The van der Waals surface area contributed by atoms with Crippen molar-refractivity contribution >= 4 is 5.91 Å².